The minimum atomic E-state index is -4.49. The summed E-state index contributed by atoms with van der Waals surface area (Å²) in [6, 6.07) is 3.31. The normalized spacial score (nSPS) is 17.4. The molecule has 1 aliphatic heterocycles. The number of aromatic nitrogens is 3. The van der Waals surface area contributed by atoms with Crippen molar-refractivity contribution < 1.29 is 21.6 Å². The molecule has 0 aliphatic carbocycles. The lowest BCUT2D eigenvalue weighted by Gasteiger charge is -2.37. The topological polar surface area (TPSA) is 68.1 Å². The summed E-state index contributed by atoms with van der Waals surface area (Å²) in [6.45, 7) is 0.385. The average molecular weight is 332 g/mol. The van der Waals surface area contributed by atoms with Crippen LogP contribution in [0.4, 0.5) is 13.2 Å². The van der Waals surface area contributed by atoms with Crippen LogP contribution in [0.1, 0.15) is 11.6 Å². The van der Waals surface area contributed by atoms with E-state index in [4.69, 9.17) is 0 Å². The lowest BCUT2D eigenvalue weighted by molar-refractivity contribution is -0.137. The second-order valence-corrected chi connectivity index (χ2v) is 6.79. The monoisotopic (exact) mass is 332 g/mol. The molecule has 0 spiro atoms. The predicted molar refractivity (Wildman–Crippen MR) is 69.3 cm³/mol. The highest BCUT2D eigenvalue weighted by atomic mass is 32.2. The van der Waals surface area contributed by atoms with Gasteiger partial charge < -0.3 is 0 Å². The Hall–Kier alpha value is -1.94. The maximum atomic E-state index is 12.5. The van der Waals surface area contributed by atoms with Crippen molar-refractivity contribution in [1.82, 2.24) is 19.3 Å². The van der Waals surface area contributed by atoms with E-state index in [2.05, 4.69) is 10.2 Å². The molecule has 2 aromatic rings. The zero-order valence-corrected chi connectivity index (χ0v) is 11.9. The Bertz CT molecular complexity index is 751. The number of rotatable bonds is 3. The summed E-state index contributed by atoms with van der Waals surface area (Å²) in [5.41, 5.74) is -0.881. The van der Waals surface area contributed by atoms with Gasteiger partial charge in [0, 0.05) is 13.1 Å². The Morgan fingerprint density at radius 3 is 2.09 bits per heavy atom. The van der Waals surface area contributed by atoms with Crippen LogP contribution < -0.4 is 0 Å². The second kappa shape index (κ2) is 5.06. The average Bonchev–Trinajstić information content (AvgIpc) is 2.89. The van der Waals surface area contributed by atoms with Gasteiger partial charge in [0.1, 0.15) is 0 Å². The van der Waals surface area contributed by atoms with Gasteiger partial charge >= 0.3 is 6.18 Å². The molecule has 1 aromatic carbocycles. The molecule has 0 unspecified atom stereocenters. The first-order chi connectivity index (χ1) is 10.3. The highest BCUT2D eigenvalue weighted by Crippen LogP contribution is 2.31. The molecule has 22 heavy (non-hydrogen) atoms. The van der Waals surface area contributed by atoms with Crippen molar-refractivity contribution in [3.05, 3.63) is 42.2 Å². The maximum absolute atomic E-state index is 12.5. The van der Waals surface area contributed by atoms with Crippen molar-refractivity contribution in [1.29, 1.82) is 0 Å². The molecule has 0 radical (unpaired) electrons. The van der Waals surface area contributed by atoms with Gasteiger partial charge in [0.15, 0.2) is 0 Å². The highest BCUT2D eigenvalue weighted by molar-refractivity contribution is 7.89. The second-order valence-electron chi connectivity index (χ2n) is 4.85. The van der Waals surface area contributed by atoms with E-state index in [0.29, 0.717) is 0 Å². The fourth-order valence-corrected chi connectivity index (χ4v) is 3.65. The Morgan fingerprint density at radius 2 is 1.59 bits per heavy atom. The smallest absolute Gasteiger partial charge is 0.207 e. The number of sulfonamides is 1. The van der Waals surface area contributed by atoms with E-state index in [1.165, 1.54) is 21.5 Å². The van der Waals surface area contributed by atoms with E-state index in [-0.39, 0.29) is 24.0 Å². The lowest BCUT2D eigenvalue weighted by Crippen LogP contribution is -2.51. The molecular weight excluding hydrogens is 321 g/mol. The van der Waals surface area contributed by atoms with E-state index in [1.807, 2.05) is 0 Å². The molecule has 2 heterocycles. The van der Waals surface area contributed by atoms with Crippen molar-refractivity contribution in [2.45, 2.75) is 17.1 Å². The third-order valence-electron chi connectivity index (χ3n) is 3.41. The Balaban J connectivity index is 1.74. The number of halogens is 3. The zero-order valence-electron chi connectivity index (χ0n) is 11.1. The zero-order chi connectivity index (χ0) is 16.0. The molecule has 1 saturated heterocycles. The molecular formula is C12H11F3N4O2S. The minimum Gasteiger partial charge on any atom is -0.207 e. The van der Waals surface area contributed by atoms with Crippen molar-refractivity contribution in [3.8, 4) is 0 Å². The summed E-state index contributed by atoms with van der Waals surface area (Å²) in [4.78, 5) is 1.26. The molecule has 0 bridgehead atoms. The number of hydrogen-bond acceptors (Lipinski definition) is 4. The Kier molecular flexibility index (Phi) is 3.44. The van der Waals surface area contributed by atoms with Crippen molar-refractivity contribution in [2.24, 2.45) is 0 Å². The molecule has 0 atom stereocenters. The van der Waals surface area contributed by atoms with Gasteiger partial charge in [-0.05, 0) is 24.3 Å². The molecule has 10 heteroatoms. The molecule has 6 nitrogen and oxygen atoms in total. The van der Waals surface area contributed by atoms with Crippen LogP contribution in [0, 0.1) is 0 Å². The van der Waals surface area contributed by atoms with Crippen LogP contribution >= 0.6 is 0 Å². The van der Waals surface area contributed by atoms with Crippen LogP contribution in [-0.4, -0.2) is 40.8 Å². The summed E-state index contributed by atoms with van der Waals surface area (Å²) < 4.78 is 63.2. The van der Waals surface area contributed by atoms with Gasteiger partial charge in [-0.25, -0.2) is 8.42 Å². The maximum Gasteiger partial charge on any atom is 0.416 e. The van der Waals surface area contributed by atoms with Gasteiger partial charge in [-0.2, -0.15) is 32.5 Å². The van der Waals surface area contributed by atoms with Gasteiger partial charge in [0.25, 0.3) is 0 Å². The van der Waals surface area contributed by atoms with Crippen molar-refractivity contribution in [2.75, 3.05) is 13.1 Å². The first-order valence-electron chi connectivity index (χ1n) is 6.32. The summed E-state index contributed by atoms with van der Waals surface area (Å²) in [5.74, 6) is 0. The number of hydrogen-bond donors (Lipinski definition) is 0. The lowest BCUT2D eigenvalue weighted by atomic mass is 10.2. The first kappa shape index (κ1) is 15.0. The predicted octanol–water partition coefficient (Wildman–Crippen LogP) is 1.54. The van der Waals surface area contributed by atoms with Crippen LogP contribution in [-0.2, 0) is 16.2 Å². The third-order valence-corrected chi connectivity index (χ3v) is 5.26. The standard InChI is InChI=1S/C12H11F3N4O2S/c13-12(14,15)9-1-3-11(4-2-9)22(20,21)18-7-10(8-18)19-16-5-6-17-19/h1-6,10H,7-8H2. The number of alkyl halides is 3. The number of benzene rings is 1. The third kappa shape index (κ3) is 2.59. The van der Waals surface area contributed by atoms with Gasteiger partial charge in [0.05, 0.1) is 28.9 Å². The van der Waals surface area contributed by atoms with E-state index in [0.717, 1.165) is 24.3 Å². The fraction of sp³-hybridized carbons (Fsp3) is 0.333. The molecule has 1 aliphatic rings. The van der Waals surface area contributed by atoms with Crippen LogP contribution in [0.5, 0.6) is 0 Å². The van der Waals surface area contributed by atoms with Gasteiger partial charge in [-0.1, -0.05) is 0 Å². The molecule has 118 valence electrons. The summed E-state index contributed by atoms with van der Waals surface area (Å²) in [7, 11) is -3.79. The molecule has 0 saturated carbocycles. The molecule has 0 N–H and O–H groups in total. The summed E-state index contributed by atoms with van der Waals surface area (Å²) in [5, 5.41) is 7.85. The first-order valence-corrected chi connectivity index (χ1v) is 7.76. The summed E-state index contributed by atoms with van der Waals surface area (Å²) in [6.07, 6.45) is -1.50. The van der Waals surface area contributed by atoms with E-state index >= 15 is 0 Å². The van der Waals surface area contributed by atoms with Gasteiger partial charge in [0.2, 0.25) is 10.0 Å². The van der Waals surface area contributed by atoms with Crippen molar-refractivity contribution >= 4 is 10.0 Å². The number of nitrogens with zero attached hydrogens (tertiary/aromatic N) is 4. The van der Waals surface area contributed by atoms with E-state index in [9.17, 15) is 21.6 Å². The molecule has 1 aromatic heterocycles. The van der Waals surface area contributed by atoms with E-state index < -0.39 is 21.8 Å². The fourth-order valence-electron chi connectivity index (χ4n) is 2.14. The van der Waals surface area contributed by atoms with Crippen LogP contribution in [0.15, 0.2) is 41.6 Å². The highest BCUT2D eigenvalue weighted by Gasteiger charge is 2.39. The molecule has 0 amide bonds. The minimum absolute atomic E-state index is 0.153. The largest absolute Gasteiger partial charge is 0.416 e. The van der Waals surface area contributed by atoms with Gasteiger partial charge in [-0.3, -0.25) is 0 Å². The van der Waals surface area contributed by atoms with Crippen LogP contribution in [0.2, 0.25) is 0 Å². The Morgan fingerprint density at radius 1 is 1.05 bits per heavy atom. The SMILES string of the molecule is O=S(=O)(c1ccc(C(F)(F)F)cc1)N1CC(n2nccn2)C1. The van der Waals surface area contributed by atoms with Gasteiger partial charge in [-0.15, -0.1) is 0 Å². The summed E-state index contributed by atoms with van der Waals surface area (Å²) >= 11 is 0. The van der Waals surface area contributed by atoms with Crippen molar-refractivity contribution in [3.63, 3.8) is 0 Å². The Labute approximate surface area is 124 Å². The molecule has 1 fully saturated rings. The van der Waals surface area contributed by atoms with Crippen LogP contribution in [0.25, 0.3) is 0 Å². The van der Waals surface area contributed by atoms with Crippen LogP contribution in [0.3, 0.4) is 0 Å². The van der Waals surface area contributed by atoms with E-state index in [1.54, 1.807) is 0 Å². The molecule has 3 rings (SSSR count). The quantitative estimate of drug-likeness (QED) is 0.855.